The van der Waals surface area contributed by atoms with Gasteiger partial charge >= 0.3 is 5.92 Å². The summed E-state index contributed by atoms with van der Waals surface area (Å²) in [4.78, 5) is 6.74. The fraction of sp³-hybridized carbons (Fsp3) is 0.458. The number of ether oxygens (including phenoxy) is 2. The molecular weight excluding hydrogens is 463 g/mol. The zero-order valence-electron chi connectivity index (χ0n) is 20.0. The van der Waals surface area contributed by atoms with Crippen molar-refractivity contribution in [2.24, 2.45) is 0 Å². The van der Waals surface area contributed by atoms with Gasteiger partial charge in [0.2, 0.25) is 5.88 Å². The fourth-order valence-electron chi connectivity index (χ4n) is 4.11. The largest absolute Gasteiger partial charge is 0.480 e. The lowest BCUT2D eigenvalue weighted by molar-refractivity contribution is -0.108. The SMILES string of the molecule is COc1nc2c(C)nnc(N[C@H](C)c3cccc(C(F)(F)C(C)O)c3F)c2cc1N1CCOCC1. The number of anilines is 2. The molecule has 1 fully saturated rings. The summed E-state index contributed by atoms with van der Waals surface area (Å²) < 4.78 is 54.9. The molecule has 1 aromatic carbocycles. The summed E-state index contributed by atoms with van der Waals surface area (Å²) >= 11 is 0. The van der Waals surface area contributed by atoms with Crippen molar-refractivity contribution in [3.8, 4) is 5.88 Å². The molecule has 188 valence electrons. The number of pyridine rings is 1. The summed E-state index contributed by atoms with van der Waals surface area (Å²) in [5, 5.41) is 21.6. The molecule has 0 bridgehead atoms. The third-order valence-corrected chi connectivity index (χ3v) is 6.14. The molecule has 2 N–H and O–H groups in total. The van der Waals surface area contributed by atoms with Crippen LogP contribution in [0.15, 0.2) is 24.3 Å². The topological polar surface area (TPSA) is 92.6 Å². The molecule has 1 saturated heterocycles. The average molecular weight is 492 g/mol. The number of fused-ring (bicyclic) bond motifs is 1. The highest BCUT2D eigenvalue weighted by atomic mass is 19.3. The highest BCUT2D eigenvalue weighted by Gasteiger charge is 2.40. The normalized spacial score (nSPS) is 16.3. The second-order valence-electron chi connectivity index (χ2n) is 8.52. The predicted molar refractivity (Wildman–Crippen MR) is 126 cm³/mol. The Morgan fingerprint density at radius 1 is 1.20 bits per heavy atom. The van der Waals surface area contributed by atoms with Gasteiger partial charge in [0.05, 0.1) is 37.6 Å². The van der Waals surface area contributed by atoms with Crippen LogP contribution in [0, 0.1) is 12.7 Å². The van der Waals surface area contributed by atoms with Crippen LogP contribution in [0.2, 0.25) is 0 Å². The molecular formula is C24H28F3N5O3. The van der Waals surface area contributed by atoms with Crippen molar-refractivity contribution in [3.63, 3.8) is 0 Å². The fourth-order valence-corrected chi connectivity index (χ4v) is 4.11. The summed E-state index contributed by atoms with van der Waals surface area (Å²) in [6.07, 6.45) is -2.04. The van der Waals surface area contributed by atoms with Gasteiger partial charge in [-0.25, -0.2) is 9.37 Å². The number of nitrogens with one attached hydrogen (secondary N) is 1. The number of rotatable bonds is 7. The van der Waals surface area contributed by atoms with Crippen molar-refractivity contribution < 1.29 is 27.8 Å². The second-order valence-corrected chi connectivity index (χ2v) is 8.52. The Labute approximate surface area is 201 Å². The average Bonchev–Trinajstić information content (AvgIpc) is 2.85. The van der Waals surface area contributed by atoms with Crippen LogP contribution in [0.1, 0.15) is 36.7 Å². The van der Waals surface area contributed by atoms with E-state index in [-0.39, 0.29) is 5.56 Å². The zero-order valence-corrected chi connectivity index (χ0v) is 20.0. The minimum absolute atomic E-state index is 0.00761. The van der Waals surface area contributed by atoms with Crippen LogP contribution in [-0.4, -0.2) is 59.8 Å². The van der Waals surface area contributed by atoms with Crippen LogP contribution in [-0.2, 0) is 10.7 Å². The van der Waals surface area contributed by atoms with Gasteiger partial charge in [0, 0.05) is 24.0 Å². The molecule has 0 aliphatic carbocycles. The molecule has 0 saturated carbocycles. The maximum Gasteiger partial charge on any atom is 0.301 e. The second kappa shape index (κ2) is 9.82. The van der Waals surface area contributed by atoms with Crippen molar-refractivity contribution in [2.75, 3.05) is 43.6 Å². The first-order valence-electron chi connectivity index (χ1n) is 11.3. The number of aliphatic hydroxyl groups excluding tert-OH is 1. The van der Waals surface area contributed by atoms with E-state index in [1.807, 2.05) is 6.07 Å². The lowest BCUT2D eigenvalue weighted by atomic mass is 9.97. The summed E-state index contributed by atoms with van der Waals surface area (Å²) in [5.74, 6) is -4.05. The van der Waals surface area contributed by atoms with Crippen LogP contribution in [0.25, 0.3) is 10.9 Å². The molecule has 1 unspecified atom stereocenters. The van der Waals surface area contributed by atoms with E-state index in [9.17, 15) is 13.9 Å². The van der Waals surface area contributed by atoms with Gasteiger partial charge < -0.3 is 24.8 Å². The lowest BCUT2D eigenvalue weighted by Gasteiger charge is -2.30. The van der Waals surface area contributed by atoms with Crippen LogP contribution in [0.4, 0.5) is 24.7 Å². The number of aliphatic hydroxyl groups is 1. The predicted octanol–water partition coefficient (Wildman–Crippen LogP) is 3.96. The first-order valence-corrected chi connectivity index (χ1v) is 11.3. The molecule has 2 aromatic heterocycles. The number of nitrogens with zero attached hydrogens (tertiary/aromatic N) is 4. The quantitative estimate of drug-likeness (QED) is 0.513. The molecule has 1 aliphatic rings. The smallest absolute Gasteiger partial charge is 0.301 e. The lowest BCUT2D eigenvalue weighted by Crippen LogP contribution is -2.36. The van der Waals surface area contributed by atoms with Gasteiger partial charge in [-0.3, -0.25) is 0 Å². The summed E-state index contributed by atoms with van der Waals surface area (Å²) in [6.45, 7) is 6.80. The maximum absolute atomic E-state index is 15.2. The molecule has 35 heavy (non-hydrogen) atoms. The minimum Gasteiger partial charge on any atom is -0.480 e. The van der Waals surface area contributed by atoms with Crippen molar-refractivity contribution in [1.82, 2.24) is 15.2 Å². The standard InChI is InChI=1S/C24H28F3N5O3/c1-13(16-6-5-7-18(20(16)25)24(26,27)15(3)33)28-22-17-12-19(32-8-10-35-11-9-32)23(34-4)29-21(17)14(2)30-31-22/h5-7,12-13,15,33H,8-11H2,1-4H3,(H,28,31)/t13-,15?/m1/s1. The molecule has 8 nitrogen and oxygen atoms in total. The molecule has 0 radical (unpaired) electrons. The molecule has 0 spiro atoms. The Morgan fingerprint density at radius 3 is 2.57 bits per heavy atom. The molecule has 3 aromatic rings. The highest BCUT2D eigenvalue weighted by Crippen LogP contribution is 2.38. The zero-order chi connectivity index (χ0) is 25.3. The van der Waals surface area contributed by atoms with Crippen molar-refractivity contribution in [3.05, 3.63) is 46.9 Å². The number of hydrogen-bond donors (Lipinski definition) is 2. The number of hydrogen-bond acceptors (Lipinski definition) is 8. The van der Waals surface area contributed by atoms with Gasteiger partial charge in [-0.2, -0.15) is 13.9 Å². The maximum atomic E-state index is 15.2. The molecule has 0 amide bonds. The van der Waals surface area contributed by atoms with Crippen LogP contribution in [0.5, 0.6) is 5.88 Å². The first-order chi connectivity index (χ1) is 16.6. The first kappa shape index (κ1) is 24.9. The molecule has 3 heterocycles. The number of alkyl halides is 2. The molecule has 2 atom stereocenters. The van der Waals surface area contributed by atoms with Gasteiger partial charge in [0.25, 0.3) is 0 Å². The highest BCUT2D eigenvalue weighted by molar-refractivity contribution is 5.93. The van der Waals surface area contributed by atoms with E-state index in [1.54, 1.807) is 21.0 Å². The van der Waals surface area contributed by atoms with E-state index in [0.29, 0.717) is 54.6 Å². The van der Waals surface area contributed by atoms with E-state index in [1.165, 1.54) is 12.1 Å². The Bertz CT molecular complexity index is 1220. The van der Waals surface area contributed by atoms with Crippen LogP contribution in [0.3, 0.4) is 0 Å². The van der Waals surface area contributed by atoms with Gasteiger partial charge in [-0.1, -0.05) is 12.1 Å². The Morgan fingerprint density at radius 2 is 1.91 bits per heavy atom. The monoisotopic (exact) mass is 491 g/mol. The number of morpholine rings is 1. The number of benzene rings is 1. The van der Waals surface area contributed by atoms with Crippen molar-refractivity contribution in [2.45, 2.75) is 38.8 Å². The molecule has 4 rings (SSSR count). The Hall–Kier alpha value is -3.18. The third kappa shape index (κ3) is 4.70. The summed E-state index contributed by atoms with van der Waals surface area (Å²) in [5.41, 5.74) is 1.04. The van der Waals surface area contributed by atoms with E-state index in [2.05, 4.69) is 25.4 Å². The van der Waals surface area contributed by atoms with Gasteiger partial charge in [-0.05, 0) is 32.9 Å². The molecule has 1 aliphatic heterocycles. The van der Waals surface area contributed by atoms with Crippen molar-refractivity contribution >= 4 is 22.4 Å². The van der Waals surface area contributed by atoms with Gasteiger partial charge in [-0.15, -0.1) is 5.10 Å². The van der Waals surface area contributed by atoms with Gasteiger partial charge in [0.15, 0.2) is 5.82 Å². The number of halogens is 3. The summed E-state index contributed by atoms with van der Waals surface area (Å²) in [6, 6.07) is 4.87. The number of methoxy groups -OCH3 is 1. The molecule has 11 heteroatoms. The third-order valence-electron chi connectivity index (χ3n) is 6.14. The Balaban J connectivity index is 1.75. The number of aryl methyl sites for hydroxylation is 1. The van der Waals surface area contributed by atoms with E-state index < -0.39 is 29.4 Å². The minimum atomic E-state index is -3.73. The van der Waals surface area contributed by atoms with Gasteiger partial charge in [0.1, 0.15) is 23.1 Å². The van der Waals surface area contributed by atoms with Crippen LogP contribution < -0.4 is 15.0 Å². The Kier molecular flexibility index (Phi) is 7.00. The summed E-state index contributed by atoms with van der Waals surface area (Å²) in [7, 11) is 1.54. The van der Waals surface area contributed by atoms with Crippen molar-refractivity contribution in [1.29, 1.82) is 0 Å². The van der Waals surface area contributed by atoms with E-state index in [4.69, 9.17) is 9.47 Å². The number of aromatic nitrogens is 3. The van der Waals surface area contributed by atoms with E-state index in [0.717, 1.165) is 18.7 Å². The van der Waals surface area contributed by atoms with E-state index >= 15 is 4.39 Å². The van der Waals surface area contributed by atoms with Crippen LogP contribution >= 0.6 is 0 Å².